The Kier molecular flexibility index (Phi) is 3.94. The lowest BCUT2D eigenvalue weighted by molar-refractivity contribution is 0.184. The van der Waals surface area contributed by atoms with E-state index in [1.165, 1.54) is 4.88 Å². The Bertz CT molecular complexity index is 490. The van der Waals surface area contributed by atoms with Crippen molar-refractivity contribution in [2.24, 2.45) is 0 Å². The predicted octanol–water partition coefficient (Wildman–Crippen LogP) is 3.28. The number of ether oxygens (including phenoxy) is 1. The van der Waals surface area contributed by atoms with Gasteiger partial charge in [-0.2, -0.15) is 0 Å². The van der Waals surface area contributed by atoms with Crippen molar-refractivity contribution in [1.82, 2.24) is 0 Å². The molecule has 2 nitrogen and oxygen atoms in total. The van der Waals surface area contributed by atoms with Crippen molar-refractivity contribution in [1.29, 1.82) is 0 Å². The second-order valence-electron chi connectivity index (χ2n) is 4.03. The van der Waals surface area contributed by atoms with Crippen LogP contribution in [0.4, 0.5) is 0 Å². The number of methoxy groups -OCH3 is 1. The monoisotopic (exact) mass is 248 g/mol. The fraction of sp³-hybridized carbons (Fsp3) is 0.286. The molecule has 1 aromatic heterocycles. The molecule has 0 fully saturated rings. The van der Waals surface area contributed by atoms with Gasteiger partial charge in [-0.15, -0.1) is 11.3 Å². The van der Waals surface area contributed by atoms with Gasteiger partial charge in [-0.3, -0.25) is 0 Å². The van der Waals surface area contributed by atoms with Gasteiger partial charge in [0.05, 0.1) is 6.61 Å². The molecule has 0 saturated heterocycles. The molecule has 1 heterocycles. The van der Waals surface area contributed by atoms with Crippen molar-refractivity contribution in [2.45, 2.75) is 19.6 Å². The van der Waals surface area contributed by atoms with Gasteiger partial charge in [0.15, 0.2) is 0 Å². The molecule has 0 aliphatic rings. The lowest BCUT2D eigenvalue weighted by Crippen LogP contribution is -1.98. The van der Waals surface area contributed by atoms with E-state index in [2.05, 4.69) is 0 Å². The fourth-order valence-electron chi connectivity index (χ4n) is 1.78. The van der Waals surface area contributed by atoms with Crippen molar-refractivity contribution in [3.05, 3.63) is 57.3 Å². The third-order valence-corrected chi connectivity index (χ3v) is 3.66. The minimum atomic E-state index is -0.537. The van der Waals surface area contributed by atoms with Crippen molar-refractivity contribution >= 4 is 11.3 Å². The number of hydrogen-bond donors (Lipinski definition) is 1. The average Bonchev–Trinajstić information content (AvgIpc) is 2.76. The van der Waals surface area contributed by atoms with Crippen LogP contribution in [0.15, 0.2) is 36.4 Å². The van der Waals surface area contributed by atoms with E-state index in [0.29, 0.717) is 6.61 Å². The minimum Gasteiger partial charge on any atom is -0.383 e. The van der Waals surface area contributed by atoms with E-state index in [-0.39, 0.29) is 0 Å². The molecule has 2 aromatic rings. The van der Waals surface area contributed by atoms with Crippen LogP contribution in [0.5, 0.6) is 0 Å². The van der Waals surface area contributed by atoms with Gasteiger partial charge in [0.25, 0.3) is 0 Å². The molecule has 0 aliphatic carbocycles. The summed E-state index contributed by atoms with van der Waals surface area (Å²) < 4.78 is 5.09. The molecule has 90 valence electrons. The maximum atomic E-state index is 10.3. The van der Waals surface area contributed by atoms with E-state index < -0.39 is 6.10 Å². The number of benzene rings is 1. The predicted molar refractivity (Wildman–Crippen MR) is 70.3 cm³/mol. The highest BCUT2D eigenvalue weighted by atomic mass is 32.1. The van der Waals surface area contributed by atoms with Crippen molar-refractivity contribution in [3.63, 3.8) is 0 Å². The highest BCUT2D eigenvalue weighted by molar-refractivity contribution is 7.12. The standard InChI is InChI=1S/C14H16O2S/c1-10-6-7-13(17-10)14(15)12-5-3-4-11(8-12)9-16-2/h3-8,14-15H,9H2,1-2H3. The first kappa shape index (κ1) is 12.3. The lowest BCUT2D eigenvalue weighted by Gasteiger charge is -2.10. The van der Waals surface area contributed by atoms with Crippen LogP contribution in [-0.2, 0) is 11.3 Å². The lowest BCUT2D eigenvalue weighted by atomic mass is 10.1. The zero-order valence-corrected chi connectivity index (χ0v) is 10.8. The number of rotatable bonds is 4. The molecule has 0 amide bonds. The molecular formula is C14H16O2S. The smallest absolute Gasteiger partial charge is 0.113 e. The summed E-state index contributed by atoms with van der Waals surface area (Å²) >= 11 is 1.63. The Labute approximate surface area is 105 Å². The number of hydrogen-bond acceptors (Lipinski definition) is 3. The van der Waals surface area contributed by atoms with Crippen molar-refractivity contribution in [3.8, 4) is 0 Å². The van der Waals surface area contributed by atoms with Gasteiger partial charge in [-0.25, -0.2) is 0 Å². The number of aliphatic hydroxyl groups excluding tert-OH is 1. The molecule has 1 atom stereocenters. The normalized spacial score (nSPS) is 12.6. The zero-order chi connectivity index (χ0) is 12.3. The maximum absolute atomic E-state index is 10.3. The largest absolute Gasteiger partial charge is 0.383 e. The molecule has 0 saturated carbocycles. The van der Waals surface area contributed by atoms with Crippen molar-refractivity contribution < 1.29 is 9.84 Å². The topological polar surface area (TPSA) is 29.5 Å². The highest BCUT2D eigenvalue weighted by Crippen LogP contribution is 2.28. The summed E-state index contributed by atoms with van der Waals surface area (Å²) in [5.74, 6) is 0. The molecule has 0 aliphatic heterocycles. The van der Waals surface area contributed by atoms with Crippen LogP contribution in [0.25, 0.3) is 0 Å². The molecule has 0 spiro atoms. The molecule has 1 aromatic carbocycles. The van der Waals surface area contributed by atoms with E-state index in [1.54, 1.807) is 18.4 Å². The Morgan fingerprint density at radius 3 is 2.76 bits per heavy atom. The SMILES string of the molecule is COCc1cccc(C(O)c2ccc(C)s2)c1. The summed E-state index contributed by atoms with van der Waals surface area (Å²) in [5.41, 5.74) is 2.00. The summed E-state index contributed by atoms with van der Waals surface area (Å²) in [7, 11) is 1.67. The van der Waals surface area contributed by atoms with Gasteiger partial charge < -0.3 is 9.84 Å². The van der Waals surface area contributed by atoms with E-state index in [4.69, 9.17) is 4.74 Å². The number of aliphatic hydroxyl groups is 1. The number of thiophene rings is 1. The quantitative estimate of drug-likeness (QED) is 0.899. The van der Waals surface area contributed by atoms with Crippen LogP contribution in [0.1, 0.15) is 27.0 Å². The van der Waals surface area contributed by atoms with Crippen LogP contribution in [0, 0.1) is 6.92 Å². The van der Waals surface area contributed by atoms with E-state index >= 15 is 0 Å². The minimum absolute atomic E-state index is 0.537. The first-order valence-corrected chi connectivity index (χ1v) is 6.34. The summed E-state index contributed by atoms with van der Waals surface area (Å²) in [5, 5.41) is 10.3. The van der Waals surface area contributed by atoms with Crippen molar-refractivity contribution in [2.75, 3.05) is 7.11 Å². The molecule has 0 radical (unpaired) electrons. The summed E-state index contributed by atoms with van der Waals surface area (Å²) in [6, 6.07) is 11.9. The van der Waals surface area contributed by atoms with Gasteiger partial charge in [-0.1, -0.05) is 24.3 Å². The number of aryl methyl sites for hydroxylation is 1. The first-order valence-electron chi connectivity index (χ1n) is 5.53. The van der Waals surface area contributed by atoms with Gasteiger partial charge >= 0.3 is 0 Å². The molecule has 1 N–H and O–H groups in total. The molecule has 3 heteroatoms. The van der Waals surface area contributed by atoms with Gasteiger partial charge in [-0.05, 0) is 30.2 Å². The van der Waals surface area contributed by atoms with Crippen LogP contribution >= 0.6 is 11.3 Å². The molecular weight excluding hydrogens is 232 g/mol. The Hall–Kier alpha value is -1.16. The van der Waals surface area contributed by atoms with Gasteiger partial charge in [0.2, 0.25) is 0 Å². The van der Waals surface area contributed by atoms with Crippen LogP contribution in [0.3, 0.4) is 0 Å². The highest BCUT2D eigenvalue weighted by Gasteiger charge is 2.12. The maximum Gasteiger partial charge on any atom is 0.113 e. The second kappa shape index (κ2) is 5.45. The Morgan fingerprint density at radius 1 is 1.29 bits per heavy atom. The van der Waals surface area contributed by atoms with E-state index in [0.717, 1.165) is 16.0 Å². The Balaban J connectivity index is 2.24. The van der Waals surface area contributed by atoms with Crippen LogP contribution in [0.2, 0.25) is 0 Å². The molecule has 17 heavy (non-hydrogen) atoms. The molecule has 0 bridgehead atoms. The zero-order valence-electron chi connectivity index (χ0n) is 10.0. The van der Waals surface area contributed by atoms with Gasteiger partial charge in [0, 0.05) is 16.9 Å². The second-order valence-corrected chi connectivity index (χ2v) is 5.35. The fourth-order valence-corrected chi connectivity index (χ4v) is 2.68. The van der Waals surface area contributed by atoms with Crippen LogP contribution < -0.4 is 0 Å². The Morgan fingerprint density at radius 2 is 2.12 bits per heavy atom. The molecule has 1 unspecified atom stereocenters. The van der Waals surface area contributed by atoms with E-state index in [9.17, 15) is 5.11 Å². The summed E-state index contributed by atoms with van der Waals surface area (Å²) in [6.07, 6.45) is -0.537. The van der Waals surface area contributed by atoms with E-state index in [1.807, 2.05) is 43.3 Å². The first-order chi connectivity index (χ1) is 8.20. The summed E-state index contributed by atoms with van der Waals surface area (Å²) in [4.78, 5) is 2.20. The van der Waals surface area contributed by atoms with Gasteiger partial charge in [0.1, 0.15) is 6.10 Å². The third kappa shape index (κ3) is 2.94. The third-order valence-electron chi connectivity index (χ3n) is 2.61. The van der Waals surface area contributed by atoms with Crippen LogP contribution in [-0.4, -0.2) is 12.2 Å². The molecule has 2 rings (SSSR count). The summed E-state index contributed by atoms with van der Waals surface area (Å²) in [6.45, 7) is 2.62. The average molecular weight is 248 g/mol.